The molecule has 1 atom stereocenters. The van der Waals surface area contributed by atoms with Gasteiger partial charge in [-0.2, -0.15) is 4.98 Å². The summed E-state index contributed by atoms with van der Waals surface area (Å²) in [5, 5.41) is 18.7. The van der Waals surface area contributed by atoms with Crippen molar-refractivity contribution in [2.45, 2.75) is 37.6 Å². The average Bonchev–Trinajstić information content (AvgIpc) is 3.44. The van der Waals surface area contributed by atoms with Gasteiger partial charge in [0.15, 0.2) is 5.82 Å². The van der Waals surface area contributed by atoms with Gasteiger partial charge in [0.25, 0.3) is 5.69 Å². The van der Waals surface area contributed by atoms with Gasteiger partial charge in [-0.25, -0.2) is 0 Å². The monoisotopic (exact) mass is 398 g/mol. The molecule has 1 saturated carbocycles. The Kier molecular flexibility index (Phi) is 4.23. The smallest absolute Gasteiger partial charge is 0.292 e. The number of hydrogen-bond donors (Lipinski definition) is 1. The van der Waals surface area contributed by atoms with Crippen LogP contribution in [0.5, 0.6) is 0 Å². The second-order valence-corrected chi connectivity index (χ2v) is 8.01. The number of anilines is 2. The molecule has 1 N–H and O–H groups in total. The lowest BCUT2D eigenvalue weighted by Crippen LogP contribution is -2.47. The first-order chi connectivity index (χ1) is 14.0. The van der Waals surface area contributed by atoms with E-state index in [9.17, 15) is 14.9 Å². The van der Waals surface area contributed by atoms with Crippen LogP contribution in [0.4, 0.5) is 17.1 Å². The number of fused-ring (bicyclic) bond motifs is 1. The Hall–Kier alpha value is -3.01. The highest BCUT2D eigenvalue weighted by molar-refractivity contribution is 5.95. The zero-order chi connectivity index (χ0) is 20.1. The summed E-state index contributed by atoms with van der Waals surface area (Å²) in [5.74, 6) is 1.65. The van der Waals surface area contributed by atoms with Crippen molar-refractivity contribution in [3.63, 3.8) is 0 Å². The SMILES string of the molecule is CN1CCN(c2cc3c(cc2[N+](=O)[O-])CCC(=O)N3)CC1c1nc(C2CC2)no1. The number of benzene rings is 1. The number of aryl methyl sites for hydroxylation is 1. The van der Waals surface area contributed by atoms with E-state index in [-0.39, 0.29) is 22.6 Å². The first-order valence-corrected chi connectivity index (χ1v) is 9.89. The number of rotatable bonds is 4. The molecule has 1 aromatic heterocycles. The summed E-state index contributed by atoms with van der Waals surface area (Å²) in [6.07, 6.45) is 3.05. The number of nitrogens with zero attached hydrogens (tertiary/aromatic N) is 5. The maximum absolute atomic E-state index is 11.8. The second kappa shape index (κ2) is 6.80. The predicted octanol–water partition coefficient (Wildman–Crippen LogP) is 2.23. The summed E-state index contributed by atoms with van der Waals surface area (Å²) in [5.41, 5.74) is 2.03. The number of carbonyl (C=O) groups is 1. The van der Waals surface area contributed by atoms with Crippen molar-refractivity contribution in [2.24, 2.45) is 0 Å². The van der Waals surface area contributed by atoms with Crippen LogP contribution in [0, 0.1) is 10.1 Å². The fourth-order valence-electron chi connectivity index (χ4n) is 4.05. The predicted molar refractivity (Wildman–Crippen MR) is 104 cm³/mol. The molecule has 152 valence electrons. The molecule has 2 fully saturated rings. The Morgan fingerprint density at radius 3 is 2.86 bits per heavy atom. The Labute approximate surface area is 167 Å². The van der Waals surface area contributed by atoms with Crippen molar-refractivity contribution in [3.8, 4) is 0 Å². The van der Waals surface area contributed by atoms with Gasteiger partial charge in [-0.3, -0.25) is 19.8 Å². The second-order valence-electron chi connectivity index (χ2n) is 8.01. The molecule has 1 aliphatic carbocycles. The van der Waals surface area contributed by atoms with E-state index in [4.69, 9.17) is 4.52 Å². The number of nitrogens with one attached hydrogen (secondary N) is 1. The van der Waals surface area contributed by atoms with Gasteiger partial charge in [0.2, 0.25) is 11.8 Å². The first kappa shape index (κ1) is 18.0. The molecule has 0 bridgehead atoms. The lowest BCUT2D eigenvalue weighted by molar-refractivity contribution is -0.384. The first-order valence-electron chi connectivity index (χ1n) is 9.89. The van der Waals surface area contributed by atoms with Crippen LogP contribution in [0.3, 0.4) is 0 Å². The Balaban J connectivity index is 1.47. The molecule has 0 spiro atoms. The molecule has 3 heterocycles. The summed E-state index contributed by atoms with van der Waals surface area (Å²) < 4.78 is 5.52. The number of likely N-dealkylation sites (N-methyl/N-ethyl adjacent to an activating group) is 1. The van der Waals surface area contributed by atoms with Crippen LogP contribution >= 0.6 is 0 Å². The van der Waals surface area contributed by atoms with E-state index in [2.05, 4.69) is 20.4 Å². The Bertz CT molecular complexity index is 985. The quantitative estimate of drug-likeness (QED) is 0.615. The van der Waals surface area contributed by atoms with Gasteiger partial charge >= 0.3 is 0 Å². The molecule has 1 amide bonds. The summed E-state index contributed by atoms with van der Waals surface area (Å²) in [4.78, 5) is 31.9. The summed E-state index contributed by atoms with van der Waals surface area (Å²) in [7, 11) is 1.99. The zero-order valence-electron chi connectivity index (χ0n) is 16.1. The summed E-state index contributed by atoms with van der Waals surface area (Å²) in [6, 6.07) is 3.18. The fraction of sp³-hybridized carbons (Fsp3) is 0.526. The molecule has 3 aliphatic rings. The van der Waals surface area contributed by atoms with Crippen molar-refractivity contribution >= 4 is 23.0 Å². The summed E-state index contributed by atoms with van der Waals surface area (Å²) in [6.45, 7) is 1.83. The van der Waals surface area contributed by atoms with Crippen LogP contribution in [0.15, 0.2) is 16.7 Å². The minimum Gasteiger partial charge on any atom is -0.363 e. The third-order valence-corrected chi connectivity index (χ3v) is 5.97. The van der Waals surface area contributed by atoms with Crippen molar-refractivity contribution < 1.29 is 14.2 Å². The standard InChI is InChI=1S/C19H22N6O4/c1-23-6-7-24(10-16(23)19-21-18(22-29-19)11-2-3-11)14-9-13-12(4-5-17(26)20-13)8-15(14)25(27)28/h8-9,11,16H,2-7,10H2,1H3,(H,20,26). The molecule has 10 nitrogen and oxygen atoms in total. The molecule has 2 aromatic rings. The van der Waals surface area contributed by atoms with E-state index >= 15 is 0 Å². The highest BCUT2D eigenvalue weighted by Gasteiger charge is 2.36. The average molecular weight is 398 g/mol. The van der Waals surface area contributed by atoms with Crippen LogP contribution in [-0.2, 0) is 11.2 Å². The van der Waals surface area contributed by atoms with Crippen molar-refractivity contribution in [3.05, 3.63) is 39.5 Å². The maximum Gasteiger partial charge on any atom is 0.292 e. The van der Waals surface area contributed by atoms with Gasteiger partial charge < -0.3 is 14.7 Å². The normalized spacial score (nSPS) is 22.3. The van der Waals surface area contributed by atoms with Gasteiger partial charge in [-0.05, 0) is 37.9 Å². The molecular weight excluding hydrogens is 376 g/mol. The van der Waals surface area contributed by atoms with Crippen molar-refractivity contribution in [1.29, 1.82) is 0 Å². The van der Waals surface area contributed by atoms with Crippen LogP contribution in [0.2, 0.25) is 0 Å². The molecule has 1 aromatic carbocycles. The fourth-order valence-corrected chi connectivity index (χ4v) is 4.05. The third kappa shape index (κ3) is 3.33. The number of amides is 1. The van der Waals surface area contributed by atoms with E-state index in [1.807, 2.05) is 11.9 Å². The lowest BCUT2D eigenvalue weighted by Gasteiger charge is -2.38. The largest absolute Gasteiger partial charge is 0.363 e. The lowest BCUT2D eigenvalue weighted by atomic mass is 10.0. The van der Waals surface area contributed by atoms with Gasteiger partial charge in [-0.1, -0.05) is 5.16 Å². The van der Waals surface area contributed by atoms with Gasteiger partial charge in [0.1, 0.15) is 11.7 Å². The Morgan fingerprint density at radius 1 is 1.28 bits per heavy atom. The number of carbonyl (C=O) groups excluding carboxylic acids is 1. The van der Waals surface area contributed by atoms with E-state index in [1.165, 1.54) is 0 Å². The molecule has 0 radical (unpaired) electrons. The highest BCUT2D eigenvalue weighted by Crippen LogP contribution is 2.40. The number of nitro groups is 1. The minimum atomic E-state index is -0.350. The van der Waals surface area contributed by atoms with E-state index in [0.29, 0.717) is 55.7 Å². The molecular formula is C19H22N6O4. The van der Waals surface area contributed by atoms with Gasteiger partial charge in [0.05, 0.1) is 4.92 Å². The molecule has 1 unspecified atom stereocenters. The zero-order valence-corrected chi connectivity index (χ0v) is 16.1. The molecule has 29 heavy (non-hydrogen) atoms. The minimum absolute atomic E-state index is 0.0624. The molecule has 5 rings (SSSR count). The van der Waals surface area contributed by atoms with Crippen LogP contribution in [0.25, 0.3) is 0 Å². The number of nitro benzene ring substituents is 1. The van der Waals surface area contributed by atoms with E-state index < -0.39 is 0 Å². The van der Waals surface area contributed by atoms with Gasteiger partial charge in [0, 0.05) is 43.7 Å². The topological polar surface area (TPSA) is 118 Å². The number of hydrogen-bond acceptors (Lipinski definition) is 8. The van der Waals surface area contributed by atoms with E-state index in [1.54, 1.807) is 12.1 Å². The number of aromatic nitrogens is 2. The van der Waals surface area contributed by atoms with Crippen LogP contribution < -0.4 is 10.2 Å². The Morgan fingerprint density at radius 2 is 2.10 bits per heavy atom. The van der Waals surface area contributed by atoms with E-state index in [0.717, 1.165) is 24.2 Å². The molecule has 1 saturated heterocycles. The van der Waals surface area contributed by atoms with Crippen molar-refractivity contribution in [2.75, 3.05) is 36.9 Å². The maximum atomic E-state index is 11.8. The van der Waals surface area contributed by atoms with Crippen LogP contribution in [-0.4, -0.2) is 52.6 Å². The molecule has 10 heteroatoms. The highest BCUT2D eigenvalue weighted by atomic mass is 16.6. The number of piperazine rings is 1. The van der Waals surface area contributed by atoms with Crippen molar-refractivity contribution in [1.82, 2.24) is 15.0 Å². The van der Waals surface area contributed by atoms with Crippen LogP contribution in [0.1, 0.15) is 48.5 Å². The van der Waals surface area contributed by atoms with Gasteiger partial charge in [-0.15, -0.1) is 0 Å². The summed E-state index contributed by atoms with van der Waals surface area (Å²) >= 11 is 0. The molecule has 2 aliphatic heterocycles. The third-order valence-electron chi connectivity index (χ3n) is 5.97.